The first-order valence-corrected chi connectivity index (χ1v) is 11.4. The van der Waals surface area contributed by atoms with E-state index in [9.17, 15) is 4.79 Å². The van der Waals surface area contributed by atoms with Crippen molar-refractivity contribution in [3.8, 4) is 11.5 Å². The number of para-hydroxylation sites is 1. The molecule has 0 aliphatic heterocycles. The molecule has 0 saturated heterocycles. The molecule has 0 amide bonds. The molecule has 0 saturated carbocycles. The number of esters is 1. The molecule has 0 atom stereocenters. The maximum atomic E-state index is 11.9. The van der Waals surface area contributed by atoms with Gasteiger partial charge in [-0.3, -0.25) is 4.98 Å². The van der Waals surface area contributed by atoms with Gasteiger partial charge in [0.15, 0.2) is 0 Å². The molecule has 0 fully saturated rings. The number of rotatable bonds is 2. The van der Waals surface area contributed by atoms with Crippen LogP contribution in [0.15, 0.2) is 65.1 Å². The van der Waals surface area contributed by atoms with Crippen molar-refractivity contribution in [2.24, 2.45) is 0 Å². The molecular weight excluding hydrogens is 571 g/mol. The Kier molecular flexibility index (Phi) is 5.61. The number of hydrogen-bond donors (Lipinski definition) is 0. The number of methoxy groups -OCH3 is 1. The number of benzene rings is 2. The maximum absolute atomic E-state index is 11.9. The molecule has 5 rings (SSSR count). The SMILES string of the molecule is COC(=O)c1ccc2ccc3ccc(-c4[c-]c5ccccc5o4)nc3c2n1.[Cl][Pt+]. The molecule has 0 bridgehead atoms. The number of halogens is 1. The number of nitrogens with zero attached hydrogens (tertiary/aromatic N) is 2. The monoisotopic (exact) mass is 583 g/mol. The van der Waals surface area contributed by atoms with Crippen LogP contribution in [0.1, 0.15) is 10.5 Å². The summed E-state index contributed by atoms with van der Waals surface area (Å²) in [6.45, 7) is 0. The average molecular weight is 584 g/mol. The van der Waals surface area contributed by atoms with Gasteiger partial charge in [0, 0.05) is 22.0 Å². The van der Waals surface area contributed by atoms with Gasteiger partial charge in [-0.25, -0.2) is 9.78 Å². The number of furan rings is 1. The number of aromatic nitrogens is 2. The molecule has 7 heteroatoms. The van der Waals surface area contributed by atoms with Gasteiger partial charge in [-0.15, -0.1) is 17.5 Å². The van der Waals surface area contributed by atoms with Crippen molar-refractivity contribution in [1.82, 2.24) is 9.97 Å². The molecule has 2 aromatic carbocycles. The molecule has 0 spiro atoms. The summed E-state index contributed by atoms with van der Waals surface area (Å²) in [6.07, 6.45) is 0. The summed E-state index contributed by atoms with van der Waals surface area (Å²) in [5, 5.41) is 2.73. The summed E-state index contributed by atoms with van der Waals surface area (Å²) < 4.78 is 10.7. The summed E-state index contributed by atoms with van der Waals surface area (Å²) in [5.74, 6) is 0.0925. The number of carbonyl (C=O) groups excluding carboxylic acids is 1. The number of ether oxygens (including phenoxy) is 1. The minimum atomic E-state index is -0.476. The first kappa shape index (κ1) is 19.6. The molecule has 3 heterocycles. The number of carbonyl (C=O) groups is 1. The van der Waals surface area contributed by atoms with Gasteiger partial charge in [0.1, 0.15) is 5.69 Å². The summed E-state index contributed by atoms with van der Waals surface area (Å²) >= 11 is 1.61. The van der Waals surface area contributed by atoms with Crippen LogP contribution >= 0.6 is 9.42 Å². The molecule has 3 aromatic heterocycles. The van der Waals surface area contributed by atoms with Crippen molar-refractivity contribution in [2.45, 2.75) is 0 Å². The van der Waals surface area contributed by atoms with E-state index in [2.05, 4.69) is 20.5 Å². The van der Waals surface area contributed by atoms with Crippen molar-refractivity contribution in [3.63, 3.8) is 0 Å². The molecule has 0 N–H and O–H groups in total. The topological polar surface area (TPSA) is 65.2 Å². The van der Waals surface area contributed by atoms with Gasteiger partial charge in [-0.05, 0) is 6.07 Å². The van der Waals surface area contributed by atoms with E-state index >= 15 is 0 Å². The third-order valence-electron chi connectivity index (χ3n) is 4.49. The first-order chi connectivity index (χ1) is 14.2. The number of pyridine rings is 2. The van der Waals surface area contributed by atoms with Crippen LogP contribution in [0.5, 0.6) is 0 Å². The Balaban J connectivity index is 0.000000994. The predicted molar refractivity (Wildman–Crippen MR) is 108 cm³/mol. The minimum absolute atomic E-state index is 0.250. The molecule has 5 aromatic rings. The van der Waals surface area contributed by atoms with Gasteiger partial charge >= 0.3 is 34.2 Å². The molecule has 146 valence electrons. The van der Waals surface area contributed by atoms with E-state index in [-0.39, 0.29) is 5.69 Å². The number of hydrogen-bond acceptors (Lipinski definition) is 5. The standard InChI is InChI=1S/C22H13N2O3.ClH.Pt/c1-26-22(25)17-11-9-14-7-6-13-8-10-16(23-20(13)21(14)24-17)19-12-15-4-2-3-5-18(15)27-19;;/h2-11H,1H3;1H;/q-1;;+2/p-1. The Morgan fingerprint density at radius 2 is 1.62 bits per heavy atom. The van der Waals surface area contributed by atoms with Gasteiger partial charge in [0.05, 0.1) is 23.9 Å². The van der Waals surface area contributed by atoms with Crippen LogP contribution in [0, 0.1) is 6.07 Å². The molecule has 5 nitrogen and oxygen atoms in total. The fourth-order valence-electron chi connectivity index (χ4n) is 3.15. The van der Waals surface area contributed by atoms with E-state index in [1.807, 2.05) is 54.6 Å². The Bertz CT molecular complexity index is 1320. The second-order valence-corrected chi connectivity index (χ2v) is 6.15. The van der Waals surface area contributed by atoms with Crippen LogP contribution in [-0.2, 0) is 23.5 Å². The van der Waals surface area contributed by atoms with E-state index < -0.39 is 5.97 Å². The van der Waals surface area contributed by atoms with E-state index in [0.29, 0.717) is 22.5 Å². The summed E-state index contributed by atoms with van der Waals surface area (Å²) in [6, 6.07) is 22.2. The Morgan fingerprint density at radius 1 is 0.966 bits per heavy atom. The fourth-order valence-corrected chi connectivity index (χ4v) is 3.15. The fraction of sp³-hybridized carbons (Fsp3) is 0.0455. The van der Waals surface area contributed by atoms with Gasteiger partial charge < -0.3 is 9.15 Å². The third kappa shape index (κ3) is 3.64. The molecule has 0 aliphatic carbocycles. The van der Waals surface area contributed by atoms with Gasteiger partial charge in [-0.1, -0.05) is 48.5 Å². The molecule has 0 unspecified atom stereocenters. The third-order valence-corrected chi connectivity index (χ3v) is 4.49. The van der Waals surface area contributed by atoms with Crippen LogP contribution in [-0.4, -0.2) is 23.0 Å². The summed E-state index contributed by atoms with van der Waals surface area (Å²) in [5.41, 5.74) is 3.02. The number of fused-ring (bicyclic) bond motifs is 4. The quantitative estimate of drug-likeness (QED) is 0.157. The van der Waals surface area contributed by atoms with E-state index in [1.54, 1.807) is 24.8 Å². The Morgan fingerprint density at radius 3 is 2.34 bits per heavy atom. The molecular formula is C22H13ClN2O3Pt. The zero-order valence-electron chi connectivity index (χ0n) is 15.1. The van der Waals surface area contributed by atoms with Crippen molar-refractivity contribution >= 4 is 48.2 Å². The van der Waals surface area contributed by atoms with E-state index in [4.69, 9.17) is 14.1 Å². The van der Waals surface area contributed by atoms with Crippen LogP contribution < -0.4 is 0 Å². The second kappa shape index (κ2) is 8.32. The van der Waals surface area contributed by atoms with Crippen molar-refractivity contribution in [2.75, 3.05) is 7.11 Å². The van der Waals surface area contributed by atoms with Crippen molar-refractivity contribution in [1.29, 1.82) is 0 Å². The van der Waals surface area contributed by atoms with Crippen LogP contribution in [0.4, 0.5) is 0 Å². The van der Waals surface area contributed by atoms with Crippen LogP contribution in [0.25, 0.3) is 44.2 Å². The molecule has 0 aliphatic rings. The zero-order chi connectivity index (χ0) is 20.4. The van der Waals surface area contributed by atoms with Crippen LogP contribution in [0.3, 0.4) is 0 Å². The average Bonchev–Trinajstić information content (AvgIpc) is 3.23. The van der Waals surface area contributed by atoms with Gasteiger partial charge in [0.2, 0.25) is 0 Å². The zero-order valence-corrected chi connectivity index (χ0v) is 18.1. The van der Waals surface area contributed by atoms with Crippen molar-refractivity contribution < 1.29 is 32.7 Å². The summed E-state index contributed by atoms with van der Waals surface area (Å²) in [4.78, 5) is 21.1. The summed E-state index contributed by atoms with van der Waals surface area (Å²) in [7, 11) is 5.95. The van der Waals surface area contributed by atoms with Crippen molar-refractivity contribution in [3.05, 3.63) is 72.4 Å². The Hall–Kier alpha value is -2.75. The Labute approximate surface area is 181 Å². The molecule has 29 heavy (non-hydrogen) atoms. The first-order valence-electron chi connectivity index (χ1n) is 8.55. The predicted octanol–water partition coefficient (Wildman–Crippen LogP) is 5.47. The van der Waals surface area contributed by atoms with Crippen LogP contribution in [0.2, 0.25) is 0 Å². The normalized spacial score (nSPS) is 10.8. The van der Waals surface area contributed by atoms with E-state index in [0.717, 1.165) is 21.7 Å². The van der Waals surface area contributed by atoms with Gasteiger partial charge in [-0.2, -0.15) is 0 Å². The van der Waals surface area contributed by atoms with E-state index in [1.165, 1.54) is 7.11 Å². The molecule has 0 radical (unpaired) electrons. The second-order valence-electron chi connectivity index (χ2n) is 6.15. The van der Waals surface area contributed by atoms with Gasteiger partial charge in [0.25, 0.3) is 0 Å².